The van der Waals surface area contributed by atoms with Gasteiger partial charge < -0.3 is 15.2 Å². The van der Waals surface area contributed by atoms with Crippen LogP contribution in [0.4, 0.5) is 17.5 Å². The molecule has 2 aromatic rings. The first-order chi connectivity index (χ1) is 9.20. The molecule has 1 amide bonds. The molecule has 3 rings (SSSR count). The van der Waals surface area contributed by atoms with Crippen LogP contribution in [0, 0.1) is 12.8 Å². The Kier molecular flexibility index (Phi) is 2.86. The minimum atomic E-state index is 0.0159. The number of hydrogen-bond acceptors (Lipinski definition) is 6. The van der Waals surface area contributed by atoms with Crippen molar-refractivity contribution in [3.05, 3.63) is 24.0 Å². The second-order valence-electron chi connectivity index (χ2n) is 4.52. The molecule has 0 unspecified atom stereocenters. The number of aromatic nitrogens is 3. The Morgan fingerprint density at radius 1 is 1.26 bits per heavy atom. The average molecular weight is 259 g/mol. The van der Waals surface area contributed by atoms with Gasteiger partial charge >= 0.3 is 0 Å². The van der Waals surface area contributed by atoms with Crippen LogP contribution in [-0.2, 0) is 4.79 Å². The molecule has 0 saturated heterocycles. The largest absolute Gasteiger partial charge is 0.360 e. The number of anilines is 3. The smallest absolute Gasteiger partial charge is 0.228 e. The van der Waals surface area contributed by atoms with Crippen LogP contribution < -0.4 is 10.6 Å². The van der Waals surface area contributed by atoms with Crippen molar-refractivity contribution in [1.29, 1.82) is 0 Å². The van der Waals surface area contributed by atoms with Crippen molar-refractivity contribution in [2.24, 2.45) is 5.92 Å². The van der Waals surface area contributed by atoms with Gasteiger partial charge in [-0.25, -0.2) is 0 Å². The molecule has 1 aliphatic carbocycles. The molecule has 0 aromatic carbocycles. The van der Waals surface area contributed by atoms with Gasteiger partial charge in [-0.05, 0) is 31.9 Å². The van der Waals surface area contributed by atoms with Gasteiger partial charge in [-0.15, -0.1) is 10.2 Å². The Morgan fingerprint density at radius 2 is 2.00 bits per heavy atom. The molecule has 7 nitrogen and oxygen atoms in total. The molecule has 0 spiro atoms. The van der Waals surface area contributed by atoms with Crippen molar-refractivity contribution in [2.75, 3.05) is 10.6 Å². The van der Waals surface area contributed by atoms with E-state index in [1.54, 1.807) is 25.1 Å². The molecule has 0 aliphatic heterocycles. The summed E-state index contributed by atoms with van der Waals surface area (Å²) in [5, 5.41) is 17.4. The highest BCUT2D eigenvalue weighted by molar-refractivity contribution is 5.93. The second kappa shape index (κ2) is 4.68. The highest BCUT2D eigenvalue weighted by atomic mass is 16.5. The zero-order valence-electron chi connectivity index (χ0n) is 10.4. The molecule has 1 fully saturated rings. The molecule has 7 heteroatoms. The molecule has 2 N–H and O–H groups in total. The highest BCUT2D eigenvalue weighted by Crippen LogP contribution is 2.29. The lowest BCUT2D eigenvalue weighted by molar-refractivity contribution is -0.117. The van der Waals surface area contributed by atoms with Gasteiger partial charge in [-0.2, -0.15) is 0 Å². The maximum absolute atomic E-state index is 11.5. The number of nitrogens with zero attached hydrogens (tertiary/aromatic N) is 3. The first kappa shape index (κ1) is 11.6. The van der Waals surface area contributed by atoms with Crippen LogP contribution >= 0.6 is 0 Å². The Labute approximate surface area is 109 Å². The molecule has 1 aliphatic rings. The lowest BCUT2D eigenvalue weighted by Gasteiger charge is -2.03. The zero-order valence-corrected chi connectivity index (χ0v) is 10.4. The molecule has 0 radical (unpaired) electrons. The SMILES string of the molecule is Cc1cc(Nc2ccc(NC(=O)C3CC3)nn2)no1. The lowest BCUT2D eigenvalue weighted by Crippen LogP contribution is -2.14. The average Bonchev–Trinajstić information content (AvgIpc) is 3.17. The quantitative estimate of drug-likeness (QED) is 0.870. The van der Waals surface area contributed by atoms with Gasteiger partial charge in [0.05, 0.1) is 0 Å². The van der Waals surface area contributed by atoms with Crippen molar-refractivity contribution in [1.82, 2.24) is 15.4 Å². The van der Waals surface area contributed by atoms with Gasteiger partial charge in [0.2, 0.25) is 5.91 Å². The van der Waals surface area contributed by atoms with E-state index < -0.39 is 0 Å². The van der Waals surface area contributed by atoms with Gasteiger partial charge in [0.1, 0.15) is 5.76 Å². The third kappa shape index (κ3) is 2.87. The Bertz CT molecular complexity index is 588. The summed E-state index contributed by atoms with van der Waals surface area (Å²) in [6.45, 7) is 1.81. The Hall–Kier alpha value is -2.44. The summed E-state index contributed by atoms with van der Waals surface area (Å²) in [4.78, 5) is 11.5. The first-order valence-corrected chi connectivity index (χ1v) is 6.05. The molecule has 2 aromatic heterocycles. The van der Waals surface area contributed by atoms with Gasteiger partial charge in [0, 0.05) is 12.0 Å². The number of aryl methyl sites for hydroxylation is 1. The van der Waals surface area contributed by atoms with E-state index in [9.17, 15) is 4.79 Å². The van der Waals surface area contributed by atoms with Gasteiger partial charge in [-0.1, -0.05) is 5.16 Å². The first-order valence-electron chi connectivity index (χ1n) is 6.05. The van der Waals surface area contributed by atoms with E-state index in [4.69, 9.17) is 4.52 Å². The number of carbonyl (C=O) groups is 1. The van der Waals surface area contributed by atoms with Crippen LogP contribution in [0.25, 0.3) is 0 Å². The second-order valence-corrected chi connectivity index (χ2v) is 4.52. The number of hydrogen-bond donors (Lipinski definition) is 2. The number of carbonyl (C=O) groups excluding carboxylic acids is 1. The van der Waals surface area contributed by atoms with Crippen molar-refractivity contribution < 1.29 is 9.32 Å². The predicted molar refractivity (Wildman–Crippen MR) is 67.9 cm³/mol. The third-order valence-electron chi connectivity index (χ3n) is 2.75. The van der Waals surface area contributed by atoms with Crippen molar-refractivity contribution in [3.63, 3.8) is 0 Å². The van der Waals surface area contributed by atoms with Gasteiger partial charge in [-0.3, -0.25) is 4.79 Å². The maximum Gasteiger partial charge on any atom is 0.228 e. The normalized spacial score (nSPS) is 14.2. The molecule has 0 atom stereocenters. The third-order valence-corrected chi connectivity index (χ3v) is 2.75. The topological polar surface area (TPSA) is 92.9 Å². The molecular weight excluding hydrogens is 246 g/mol. The summed E-state index contributed by atoms with van der Waals surface area (Å²) in [6.07, 6.45) is 1.93. The fourth-order valence-corrected chi connectivity index (χ4v) is 1.60. The molecule has 2 heterocycles. The van der Waals surface area contributed by atoms with Crippen LogP contribution in [0.2, 0.25) is 0 Å². The fourth-order valence-electron chi connectivity index (χ4n) is 1.60. The minimum Gasteiger partial charge on any atom is -0.360 e. The van der Waals surface area contributed by atoms with Crippen LogP contribution in [-0.4, -0.2) is 21.3 Å². The van der Waals surface area contributed by atoms with E-state index in [1.807, 2.05) is 0 Å². The summed E-state index contributed by atoms with van der Waals surface area (Å²) < 4.78 is 4.93. The van der Waals surface area contributed by atoms with Crippen LogP contribution in [0.15, 0.2) is 22.7 Å². The number of nitrogens with one attached hydrogen (secondary N) is 2. The summed E-state index contributed by atoms with van der Waals surface area (Å²) in [7, 11) is 0. The zero-order chi connectivity index (χ0) is 13.2. The van der Waals surface area contributed by atoms with E-state index in [-0.39, 0.29) is 11.8 Å². The summed E-state index contributed by atoms with van der Waals surface area (Å²) in [6, 6.07) is 5.17. The van der Waals surface area contributed by atoms with Crippen LogP contribution in [0.1, 0.15) is 18.6 Å². The van der Waals surface area contributed by atoms with Crippen molar-refractivity contribution >= 4 is 23.4 Å². The molecular formula is C12H13N5O2. The van der Waals surface area contributed by atoms with Crippen LogP contribution in [0.5, 0.6) is 0 Å². The molecule has 19 heavy (non-hydrogen) atoms. The van der Waals surface area contributed by atoms with E-state index in [1.165, 1.54) is 0 Å². The predicted octanol–water partition coefficient (Wildman–Crippen LogP) is 1.87. The van der Waals surface area contributed by atoms with E-state index in [2.05, 4.69) is 26.0 Å². The van der Waals surface area contributed by atoms with Gasteiger partial charge in [0.15, 0.2) is 17.5 Å². The summed E-state index contributed by atoms with van der Waals surface area (Å²) in [5.74, 6) is 2.45. The van der Waals surface area contributed by atoms with Gasteiger partial charge in [0.25, 0.3) is 0 Å². The summed E-state index contributed by atoms with van der Waals surface area (Å²) in [5.41, 5.74) is 0. The van der Waals surface area contributed by atoms with Crippen molar-refractivity contribution in [2.45, 2.75) is 19.8 Å². The molecule has 1 saturated carbocycles. The van der Waals surface area contributed by atoms with Crippen molar-refractivity contribution in [3.8, 4) is 0 Å². The molecule has 0 bridgehead atoms. The minimum absolute atomic E-state index is 0.0159. The number of rotatable bonds is 4. The fraction of sp³-hybridized carbons (Fsp3) is 0.333. The standard InChI is InChI=1S/C12H13N5O2/c1-7-6-11(17-19-7)13-9-4-5-10(16-15-9)14-12(18)8-2-3-8/h4-6,8H,2-3H2,1H3,(H,13,15,17)(H,14,16,18). The van der Waals surface area contributed by atoms with E-state index in [0.717, 1.165) is 12.8 Å². The lowest BCUT2D eigenvalue weighted by atomic mass is 10.4. The molecule has 98 valence electrons. The Balaban J connectivity index is 1.63. The monoisotopic (exact) mass is 259 g/mol. The van der Waals surface area contributed by atoms with Crippen LogP contribution in [0.3, 0.4) is 0 Å². The van der Waals surface area contributed by atoms with E-state index in [0.29, 0.717) is 23.2 Å². The Morgan fingerprint density at radius 3 is 2.58 bits per heavy atom. The number of amides is 1. The summed E-state index contributed by atoms with van der Waals surface area (Å²) >= 11 is 0. The van der Waals surface area contributed by atoms with E-state index >= 15 is 0 Å². The maximum atomic E-state index is 11.5. The highest BCUT2D eigenvalue weighted by Gasteiger charge is 2.29.